The number of carbonyl (C=O) groups is 2. The molecule has 36 heavy (non-hydrogen) atoms. The Balaban J connectivity index is 1.38. The van der Waals surface area contributed by atoms with Gasteiger partial charge in [0.05, 0.1) is 7.11 Å². The third kappa shape index (κ3) is 7.14. The number of hydrogen-bond acceptors (Lipinski definition) is 5. The zero-order valence-corrected chi connectivity index (χ0v) is 19.3. The van der Waals surface area contributed by atoms with Crippen LogP contribution >= 0.6 is 0 Å². The number of alkyl halides is 3. The second-order valence-electron chi connectivity index (χ2n) is 8.23. The molecule has 1 aliphatic carbocycles. The normalized spacial score (nSPS) is 13.1. The van der Waals surface area contributed by atoms with Crippen LogP contribution in [-0.2, 0) is 13.1 Å². The Morgan fingerprint density at radius 2 is 1.69 bits per heavy atom. The van der Waals surface area contributed by atoms with Gasteiger partial charge in [0.25, 0.3) is 5.91 Å². The van der Waals surface area contributed by atoms with E-state index in [9.17, 15) is 22.8 Å². The summed E-state index contributed by atoms with van der Waals surface area (Å²) in [4.78, 5) is 29.5. The molecule has 2 aromatic carbocycles. The Labute approximate surface area is 204 Å². The number of nitrogens with one attached hydrogen (secondary N) is 3. The van der Waals surface area contributed by atoms with Crippen molar-refractivity contribution in [1.82, 2.24) is 14.9 Å². The molecule has 0 aliphatic heterocycles. The van der Waals surface area contributed by atoms with Crippen molar-refractivity contribution in [2.24, 2.45) is 5.92 Å². The fraction of sp³-hybridized carbons (Fsp3) is 0.292. The first-order valence-electron chi connectivity index (χ1n) is 11.1. The summed E-state index contributed by atoms with van der Waals surface area (Å²) in [5, 5.41) is 7.88. The molecular formula is C24H24F3N5O4. The van der Waals surface area contributed by atoms with Crippen LogP contribution in [0.15, 0.2) is 54.7 Å². The molecular weight excluding hydrogens is 479 g/mol. The van der Waals surface area contributed by atoms with E-state index in [-0.39, 0.29) is 29.8 Å². The van der Waals surface area contributed by atoms with Gasteiger partial charge in [-0.3, -0.25) is 10.1 Å². The van der Waals surface area contributed by atoms with Crippen LogP contribution in [-0.4, -0.2) is 35.0 Å². The molecule has 1 fully saturated rings. The molecule has 0 bridgehead atoms. The van der Waals surface area contributed by atoms with Gasteiger partial charge in [-0.25, -0.2) is 9.78 Å². The lowest BCUT2D eigenvalue weighted by molar-refractivity contribution is -0.274. The van der Waals surface area contributed by atoms with Crippen LogP contribution in [0, 0.1) is 5.92 Å². The first-order valence-corrected chi connectivity index (χ1v) is 11.1. The molecule has 0 spiro atoms. The summed E-state index contributed by atoms with van der Waals surface area (Å²) in [6.45, 7) is 0.888. The van der Waals surface area contributed by atoms with Crippen molar-refractivity contribution in [3.8, 4) is 11.5 Å². The highest BCUT2D eigenvalue weighted by Crippen LogP contribution is 2.31. The van der Waals surface area contributed by atoms with E-state index >= 15 is 0 Å². The first kappa shape index (κ1) is 24.9. The summed E-state index contributed by atoms with van der Waals surface area (Å²) < 4.78 is 47.5. The minimum Gasteiger partial charge on any atom is -0.497 e. The monoisotopic (exact) mass is 503 g/mol. The van der Waals surface area contributed by atoms with E-state index in [1.165, 1.54) is 12.1 Å². The number of ether oxygens (including phenoxy) is 2. The molecule has 3 amide bonds. The lowest BCUT2D eigenvalue weighted by Gasteiger charge is -2.10. The van der Waals surface area contributed by atoms with E-state index in [1.54, 1.807) is 30.0 Å². The summed E-state index contributed by atoms with van der Waals surface area (Å²) in [6, 6.07) is 11.3. The molecule has 0 atom stereocenters. The third-order valence-electron chi connectivity index (χ3n) is 5.33. The van der Waals surface area contributed by atoms with E-state index in [2.05, 4.69) is 25.7 Å². The summed E-state index contributed by atoms with van der Waals surface area (Å²) in [7, 11) is 1.57. The second kappa shape index (κ2) is 10.6. The van der Waals surface area contributed by atoms with Crippen LogP contribution in [0.1, 0.15) is 29.0 Å². The Kier molecular flexibility index (Phi) is 7.32. The maximum absolute atomic E-state index is 12.8. The summed E-state index contributed by atoms with van der Waals surface area (Å²) >= 11 is 0. The van der Waals surface area contributed by atoms with Gasteiger partial charge >= 0.3 is 12.4 Å². The van der Waals surface area contributed by atoms with Crippen molar-refractivity contribution in [2.45, 2.75) is 32.3 Å². The van der Waals surface area contributed by atoms with E-state index in [0.29, 0.717) is 18.2 Å². The standard InChI is InChI=1S/C24H24F3N5O4/c1-35-18-8-4-15(5-9-18)12-28-22(33)21-30-20(14-32(21)13-16-2-3-16)31-23(34)29-17-6-10-19(11-7-17)36-24(25,26)27/h4-11,14,16H,2-3,12-13H2,1H3,(H,28,33)(H2,29,31,34). The Hall–Kier alpha value is -4.22. The summed E-state index contributed by atoms with van der Waals surface area (Å²) in [6.07, 6.45) is -1.10. The van der Waals surface area contributed by atoms with E-state index in [1.807, 2.05) is 12.1 Å². The number of anilines is 2. The number of hydrogen-bond donors (Lipinski definition) is 3. The lowest BCUT2D eigenvalue weighted by Crippen LogP contribution is -2.26. The number of nitrogens with zero attached hydrogens (tertiary/aromatic N) is 2. The fourth-order valence-corrected chi connectivity index (χ4v) is 3.40. The molecule has 1 aliphatic rings. The summed E-state index contributed by atoms with van der Waals surface area (Å²) in [5.41, 5.74) is 1.13. The molecule has 1 heterocycles. The van der Waals surface area contributed by atoms with E-state index in [0.717, 1.165) is 30.5 Å². The number of amides is 3. The minimum atomic E-state index is -4.80. The van der Waals surface area contributed by atoms with Gasteiger partial charge in [-0.05, 0) is 60.7 Å². The molecule has 1 saturated carbocycles. The minimum absolute atomic E-state index is 0.166. The van der Waals surface area contributed by atoms with Gasteiger partial charge < -0.3 is 24.7 Å². The molecule has 0 unspecified atom stereocenters. The van der Waals surface area contributed by atoms with Crippen molar-refractivity contribution >= 4 is 23.4 Å². The average molecular weight is 503 g/mol. The van der Waals surface area contributed by atoms with Gasteiger partial charge in [0.1, 0.15) is 11.5 Å². The maximum Gasteiger partial charge on any atom is 0.573 e. The fourth-order valence-electron chi connectivity index (χ4n) is 3.40. The van der Waals surface area contributed by atoms with E-state index < -0.39 is 18.1 Å². The van der Waals surface area contributed by atoms with Crippen LogP contribution in [0.3, 0.4) is 0 Å². The van der Waals surface area contributed by atoms with Gasteiger partial charge in [-0.15, -0.1) is 13.2 Å². The quantitative estimate of drug-likeness (QED) is 0.390. The van der Waals surface area contributed by atoms with Gasteiger partial charge in [-0.2, -0.15) is 0 Å². The van der Waals surface area contributed by atoms with Crippen LogP contribution in [0.4, 0.5) is 29.5 Å². The van der Waals surface area contributed by atoms with E-state index in [4.69, 9.17) is 4.74 Å². The molecule has 190 valence electrons. The van der Waals surface area contributed by atoms with Crippen molar-refractivity contribution < 1.29 is 32.2 Å². The predicted octanol–water partition coefficient (Wildman–Crippen LogP) is 4.77. The molecule has 9 nitrogen and oxygen atoms in total. The smallest absolute Gasteiger partial charge is 0.497 e. The Morgan fingerprint density at radius 3 is 2.31 bits per heavy atom. The lowest BCUT2D eigenvalue weighted by atomic mass is 10.2. The SMILES string of the molecule is COc1ccc(CNC(=O)c2nc(NC(=O)Nc3ccc(OC(F)(F)F)cc3)cn2CC2CC2)cc1. The molecule has 3 N–H and O–H groups in total. The number of urea groups is 1. The molecule has 1 aromatic heterocycles. The highest BCUT2D eigenvalue weighted by atomic mass is 19.4. The van der Waals surface area contributed by atoms with Crippen LogP contribution in [0.2, 0.25) is 0 Å². The van der Waals surface area contributed by atoms with Gasteiger partial charge in [0.15, 0.2) is 5.82 Å². The number of imidazole rings is 1. The average Bonchev–Trinajstić information content (AvgIpc) is 3.56. The summed E-state index contributed by atoms with van der Waals surface area (Å²) in [5.74, 6) is 0.702. The van der Waals surface area contributed by atoms with Crippen molar-refractivity contribution in [2.75, 3.05) is 17.7 Å². The van der Waals surface area contributed by atoms with Crippen LogP contribution in [0.25, 0.3) is 0 Å². The van der Waals surface area contributed by atoms with Crippen LogP contribution in [0.5, 0.6) is 11.5 Å². The number of methoxy groups -OCH3 is 1. The predicted molar refractivity (Wildman–Crippen MR) is 125 cm³/mol. The highest BCUT2D eigenvalue weighted by Gasteiger charge is 2.31. The second-order valence-corrected chi connectivity index (χ2v) is 8.23. The number of aromatic nitrogens is 2. The van der Waals surface area contributed by atoms with Crippen molar-refractivity contribution in [1.29, 1.82) is 0 Å². The number of halogens is 3. The molecule has 4 rings (SSSR count). The van der Waals surface area contributed by atoms with Gasteiger partial charge in [-0.1, -0.05) is 12.1 Å². The molecule has 0 saturated heterocycles. The van der Waals surface area contributed by atoms with Gasteiger partial charge in [0.2, 0.25) is 5.82 Å². The van der Waals surface area contributed by atoms with Gasteiger partial charge in [0, 0.05) is 25.0 Å². The molecule has 3 aromatic rings. The zero-order valence-electron chi connectivity index (χ0n) is 19.3. The number of rotatable bonds is 9. The highest BCUT2D eigenvalue weighted by molar-refractivity contribution is 5.99. The maximum atomic E-state index is 12.8. The number of benzene rings is 2. The largest absolute Gasteiger partial charge is 0.573 e. The third-order valence-corrected chi connectivity index (χ3v) is 5.33. The first-order chi connectivity index (χ1) is 17.2. The molecule has 0 radical (unpaired) electrons. The zero-order chi connectivity index (χ0) is 25.7. The Bertz CT molecular complexity index is 1210. The van der Waals surface area contributed by atoms with Crippen molar-refractivity contribution in [3.05, 3.63) is 66.1 Å². The molecule has 12 heteroatoms. The van der Waals surface area contributed by atoms with Crippen LogP contribution < -0.4 is 25.4 Å². The van der Waals surface area contributed by atoms with Crippen molar-refractivity contribution in [3.63, 3.8) is 0 Å². The Morgan fingerprint density at radius 1 is 1.03 bits per heavy atom. The number of carbonyl (C=O) groups excluding carboxylic acids is 2. The topological polar surface area (TPSA) is 107 Å².